The molecular weight excluding hydrogens is 496 g/mol. The van der Waals surface area contributed by atoms with Crippen LogP contribution >= 0.6 is 0 Å². The minimum absolute atomic E-state index is 0.0835. The van der Waals surface area contributed by atoms with Crippen molar-refractivity contribution in [1.29, 1.82) is 0 Å². The molecule has 200 valence electrons. The van der Waals surface area contributed by atoms with E-state index < -0.39 is 41.3 Å². The van der Waals surface area contributed by atoms with Gasteiger partial charge in [-0.25, -0.2) is 9.59 Å². The molecule has 2 unspecified atom stereocenters. The van der Waals surface area contributed by atoms with E-state index in [2.05, 4.69) is 4.99 Å². The number of allylic oxidation sites excluding steroid dienone is 1. The molecule has 0 radical (unpaired) electrons. The number of benzene rings is 2. The topological polar surface area (TPSA) is 155 Å². The van der Waals surface area contributed by atoms with Crippen molar-refractivity contribution >= 4 is 29.3 Å². The highest BCUT2D eigenvalue weighted by Gasteiger charge is 2.42. The van der Waals surface area contributed by atoms with Gasteiger partial charge in [0.15, 0.2) is 6.61 Å². The van der Waals surface area contributed by atoms with Gasteiger partial charge in [0, 0.05) is 29.5 Å². The van der Waals surface area contributed by atoms with Gasteiger partial charge in [0.2, 0.25) is 0 Å². The molecule has 2 atom stereocenters. The first kappa shape index (κ1) is 28.0. The first-order valence-corrected chi connectivity index (χ1v) is 11.8. The number of hydrogen-bond donors (Lipinski definition) is 1. The summed E-state index contributed by atoms with van der Waals surface area (Å²) in [6.45, 7) is 2.93. The molecular formula is C27H28N2O9. The maximum atomic E-state index is 13.3. The van der Waals surface area contributed by atoms with Crippen LogP contribution in [-0.2, 0) is 30.3 Å². The van der Waals surface area contributed by atoms with Gasteiger partial charge in [-0.3, -0.25) is 19.9 Å². The molecule has 1 N–H and O–H groups in total. The molecule has 3 rings (SSSR count). The normalized spacial score (nSPS) is 16.9. The Morgan fingerprint density at radius 1 is 1.11 bits per heavy atom. The smallest absolute Gasteiger partial charge is 0.341 e. The van der Waals surface area contributed by atoms with E-state index in [9.17, 15) is 24.5 Å². The summed E-state index contributed by atoms with van der Waals surface area (Å²) in [6, 6.07) is 12.7. The number of nitro benzene ring substituents is 1. The van der Waals surface area contributed by atoms with Crippen molar-refractivity contribution in [2.45, 2.75) is 32.6 Å². The molecule has 0 aromatic heterocycles. The fourth-order valence-corrected chi connectivity index (χ4v) is 4.34. The molecule has 2 aromatic rings. The third kappa shape index (κ3) is 6.81. The molecule has 0 fully saturated rings. The number of rotatable bonds is 11. The number of esters is 2. The number of carbonyl (C=O) groups is 3. The molecule has 1 aliphatic rings. The molecule has 11 nitrogen and oxygen atoms in total. The number of carboxylic acids is 1. The fourth-order valence-electron chi connectivity index (χ4n) is 4.34. The van der Waals surface area contributed by atoms with Gasteiger partial charge in [-0.2, -0.15) is 0 Å². The zero-order valence-corrected chi connectivity index (χ0v) is 21.2. The molecule has 11 heteroatoms. The summed E-state index contributed by atoms with van der Waals surface area (Å²) < 4.78 is 15.6. The third-order valence-corrected chi connectivity index (χ3v) is 6.07. The number of methoxy groups -OCH3 is 1. The van der Waals surface area contributed by atoms with Crippen molar-refractivity contribution in [2.24, 2.45) is 10.9 Å². The standard InChI is InChI=1S/C27H28N2O9/c1-16-23(26(32)36-3)25(19-7-4-8-20(14-19)29(34)35)24(17(2)28-16)27(33)37-13-5-6-18-9-11-21(12-10-18)38-15-22(30)31/h4,7-12,14,23,25H,5-6,13,15H2,1-3H3,(H,30,31). The quantitative estimate of drug-likeness (QED) is 0.200. The summed E-state index contributed by atoms with van der Waals surface area (Å²) in [7, 11) is 1.23. The lowest BCUT2D eigenvalue weighted by Crippen LogP contribution is -2.36. The van der Waals surface area contributed by atoms with E-state index in [1.165, 1.54) is 25.3 Å². The number of aryl methyl sites for hydroxylation is 1. The Bertz CT molecular complexity index is 1280. The van der Waals surface area contributed by atoms with E-state index >= 15 is 0 Å². The molecule has 1 aliphatic heterocycles. The summed E-state index contributed by atoms with van der Waals surface area (Å²) in [5.41, 5.74) is 2.11. The van der Waals surface area contributed by atoms with Crippen molar-refractivity contribution in [3.8, 4) is 5.75 Å². The van der Waals surface area contributed by atoms with Crippen LogP contribution < -0.4 is 4.74 Å². The van der Waals surface area contributed by atoms with E-state index in [0.29, 0.717) is 35.6 Å². The maximum Gasteiger partial charge on any atom is 0.341 e. The highest BCUT2D eigenvalue weighted by molar-refractivity contribution is 6.07. The number of hydrogen-bond acceptors (Lipinski definition) is 9. The number of non-ortho nitro benzene ring substituents is 1. The molecule has 0 saturated carbocycles. The molecule has 38 heavy (non-hydrogen) atoms. The predicted octanol–water partition coefficient (Wildman–Crippen LogP) is 3.86. The van der Waals surface area contributed by atoms with Gasteiger partial charge in [-0.15, -0.1) is 0 Å². The largest absolute Gasteiger partial charge is 0.482 e. The van der Waals surface area contributed by atoms with E-state index in [0.717, 1.165) is 5.56 Å². The average Bonchev–Trinajstić information content (AvgIpc) is 2.89. The van der Waals surface area contributed by atoms with Crippen LogP contribution in [-0.4, -0.2) is 54.0 Å². The molecule has 0 saturated heterocycles. The lowest BCUT2D eigenvalue weighted by Gasteiger charge is -2.31. The van der Waals surface area contributed by atoms with Crippen LogP contribution in [0.2, 0.25) is 0 Å². The Hall–Kier alpha value is -4.54. The second-order valence-electron chi connectivity index (χ2n) is 8.65. The Balaban J connectivity index is 1.75. The zero-order chi connectivity index (χ0) is 27.8. The minimum Gasteiger partial charge on any atom is -0.482 e. The molecule has 0 spiro atoms. The molecule has 0 amide bonds. The summed E-state index contributed by atoms with van der Waals surface area (Å²) in [4.78, 5) is 51.8. The number of aliphatic imine (C=N–C) groups is 1. The van der Waals surface area contributed by atoms with Gasteiger partial charge >= 0.3 is 17.9 Å². The number of nitrogens with zero attached hydrogens (tertiary/aromatic N) is 2. The second-order valence-corrected chi connectivity index (χ2v) is 8.65. The molecule has 0 aliphatic carbocycles. The monoisotopic (exact) mass is 524 g/mol. The lowest BCUT2D eigenvalue weighted by molar-refractivity contribution is -0.384. The highest BCUT2D eigenvalue weighted by atomic mass is 16.6. The summed E-state index contributed by atoms with van der Waals surface area (Å²) in [5.74, 6) is -3.73. The number of aliphatic carboxylic acids is 1. The van der Waals surface area contributed by atoms with Crippen LogP contribution in [0.15, 0.2) is 64.8 Å². The average molecular weight is 525 g/mol. The predicted molar refractivity (Wildman–Crippen MR) is 136 cm³/mol. The van der Waals surface area contributed by atoms with Gasteiger partial charge < -0.3 is 19.3 Å². The van der Waals surface area contributed by atoms with Gasteiger partial charge in [0.05, 0.1) is 24.2 Å². The zero-order valence-electron chi connectivity index (χ0n) is 21.2. The van der Waals surface area contributed by atoms with Crippen molar-refractivity contribution in [2.75, 3.05) is 20.3 Å². The van der Waals surface area contributed by atoms with Gasteiger partial charge in [-0.1, -0.05) is 24.3 Å². The van der Waals surface area contributed by atoms with Crippen LogP contribution in [0.1, 0.15) is 37.3 Å². The van der Waals surface area contributed by atoms with Gasteiger partial charge in [-0.05, 0) is 49.9 Å². The Kier molecular flexibility index (Phi) is 9.31. The minimum atomic E-state index is -1.06. The summed E-state index contributed by atoms with van der Waals surface area (Å²) >= 11 is 0. The summed E-state index contributed by atoms with van der Waals surface area (Å²) in [6.07, 6.45) is 1.08. The maximum absolute atomic E-state index is 13.3. The van der Waals surface area contributed by atoms with E-state index in [1.54, 1.807) is 44.2 Å². The van der Waals surface area contributed by atoms with Crippen LogP contribution in [0.25, 0.3) is 0 Å². The molecule has 2 aromatic carbocycles. The number of ether oxygens (including phenoxy) is 3. The Morgan fingerprint density at radius 3 is 2.45 bits per heavy atom. The third-order valence-electron chi connectivity index (χ3n) is 6.07. The van der Waals surface area contributed by atoms with E-state index in [-0.39, 0.29) is 17.9 Å². The number of nitro groups is 1. The van der Waals surface area contributed by atoms with Crippen LogP contribution in [0, 0.1) is 16.0 Å². The first-order valence-electron chi connectivity index (χ1n) is 11.8. The fraction of sp³-hybridized carbons (Fsp3) is 0.333. The van der Waals surface area contributed by atoms with Gasteiger partial charge in [0.1, 0.15) is 11.7 Å². The van der Waals surface area contributed by atoms with Crippen molar-refractivity contribution < 1.29 is 38.6 Å². The molecule has 0 bridgehead atoms. The first-order chi connectivity index (χ1) is 18.1. The van der Waals surface area contributed by atoms with Crippen molar-refractivity contribution in [3.63, 3.8) is 0 Å². The van der Waals surface area contributed by atoms with Gasteiger partial charge in [0.25, 0.3) is 5.69 Å². The van der Waals surface area contributed by atoms with Crippen LogP contribution in [0.4, 0.5) is 5.69 Å². The van der Waals surface area contributed by atoms with Crippen LogP contribution in [0.3, 0.4) is 0 Å². The highest BCUT2D eigenvalue weighted by Crippen LogP contribution is 2.41. The number of carbonyl (C=O) groups excluding carboxylic acids is 2. The van der Waals surface area contributed by atoms with Crippen molar-refractivity contribution in [1.82, 2.24) is 0 Å². The SMILES string of the molecule is COC(=O)C1C(C)=NC(C)=C(C(=O)OCCCc2ccc(OCC(=O)O)cc2)C1c1cccc([N+](=O)[O-])c1. The van der Waals surface area contributed by atoms with E-state index in [1.807, 2.05) is 0 Å². The Labute approximate surface area is 218 Å². The van der Waals surface area contributed by atoms with Crippen LogP contribution in [0.5, 0.6) is 5.75 Å². The lowest BCUT2D eigenvalue weighted by atomic mass is 9.75. The summed E-state index contributed by atoms with van der Waals surface area (Å²) in [5, 5.41) is 20.1. The van der Waals surface area contributed by atoms with Crippen molar-refractivity contribution in [3.05, 3.63) is 81.0 Å². The molecule has 1 heterocycles. The van der Waals surface area contributed by atoms with E-state index in [4.69, 9.17) is 19.3 Å². The number of carboxylic acid groups (broad SMARTS) is 1. The Morgan fingerprint density at radius 2 is 1.82 bits per heavy atom. The second kappa shape index (κ2) is 12.6.